The third kappa shape index (κ3) is 2.63. The van der Waals surface area contributed by atoms with E-state index in [2.05, 4.69) is 0 Å². The molecule has 1 aromatic carbocycles. The molecule has 0 saturated heterocycles. The lowest BCUT2D eigenvalue weighted by atomic mass is 10.1. The van der Waals surface area contributed by atoms with Crippen LogP contribution in [0.25, 0.3) is 6.08 Å². The topological polar surface area (TPSA) is 57.5 Å². The quantitative estimate of drug-likeness (QED) is 0.679. The number of phenolic OH excluding ortho intramolecular Hbond substituents is 1. The molecule has 1 aromatic rings. The first kappa shape index (κ1) is 9.32. The summed E-state index contributed by atoms with van der Waals surface area (Å²) in [5.41, 5.74) is 1.49. The Balaban J connectivity index is 3.00. The summed E-state index contributed by atoms with van der Waals surface area (Å²) in [5, 5.41) is 17.7. The number of phenols is 1. The van der Waals surface area contributed by atoms with Crippen molar-refractivity contribution in [2.75, 3.05) is 0 Å². The summed E-state index contributed by atoms with van der Waals surface area (Å²) in [6.07, 6.45) is 2.36. The number of aliphatic carboxylic acids is 1. The molecule has 3 nitrogen and oxygen atoms in total. The number of hydrogen-bond donors (Lipinski definition) is 2. The third-order valence-corrected chi connectivity index (χ3v) is 1.59. The van der Waals surface area contributed by atoms with Gasteiger partial charge in [0.2, 0.25) is 0 Å². The first-order chi connectivity index (χ1) is 6.09. The van der Waals surface area contributed by atoms with Crippen molar-refractivity contribution in [2.24, 2.45) is 0 Å². The summed E-state index contributed by atoms with van der Waals surface area (Å²) in [4.78, 5) is 10.2. The van der Waals surface area contributed by atoms with Crippen LogP contribution in [0.15, 0.2) is 24.3 Å². The van der Waals surface area contributed by atoms with E-state index in [0.717, 1.165) is 11.6 Å². The number of benzene rings is 1. The first-order valence-electron chi connectivity index (χ1n) is 3.80. The molecule has 0 atom stereocenters. The summed E-state index contributed by atoms with van der Waals surface area (Å²) < 4.78 is 0. The van der Waals surface area contributed by atoms with Gasteiger partial charge in [-0.25, -0.2) is 4.79 Å². The maximum absolute atomic E-state index is 10.2. The smallest absolute Gasteiger partial charge is 0.328 e. The lowest BCUT2D eigenvalue weighted by molar-refractivity contribution is -0.131. The van der Waals surface area contributed by atoms with Gasteiger partial charge in [-0.1, -0.05) is 11.6 Å². The van der Waals surface area contributed by atoms with E-state index in [1.807, 2.05) is 6.92 Å². The molecule has 0 saturated carbocycles. The van der Waals surface area contributed by atoms with E-state index in [1.54, 1.807) is 12.1 Å². The van der Waals surface area contributed by atoms with Gasteiger partial charge in [-0.3, -0.25) is 0 Å². The second kappa shape index (κ2) is 3.76. The number of carboxylic acid groups (broad SMARTS) is 1. The standard InChI is InChI=1S/C10H10O3/c1-7-2-4-9(11)8(6-7)3-5-10(12)13/h2-6,11H,1H3,(H,12,13). The van der Waals surface area contributed by atoms with Crippen molar-refractivity contribution < 1.29 is 15.0 Å². The number of carboxylic acids is 1. The summed E-state index contributed by atoms with van der Waals surface area (Å²) in [6, 6.07) is 5.01. The largest absolute Gasteiger partial charge is 0.507 e. The van der Waals surface area contributed by atoms with Crippen molar-refractivity contribution in [3.05, 3.63) is 35.4 Å². The SMILES string of the molecule is Cc1ccc(O)c(C=CC(=O)O)c1. The van der Waals surface area contributed by atoms with Crippen LogP contribution in [0.4, 0.5) is 0 Å². The van der Waals surface area contributed by atoms with E-state index in [0.29, 0.717) is 5.56 Å². The van der Waals surface area contributed by atoms with E-state index < -0.39 is 5.97 Å². The highest BCUT2D eigenvalue weighted by Gasteiger charge is 1.97. The molecule has 0 amide bonds. The molecule has 0 unspecified atom stereocenters. The van der Waals surface area contributed by atoms with Crippen molar-refractivity contribution in [2.45, 2.75) is 6.92 Å². The summed E-state index contributed by atoms with van der Waals surface area (Å²) >= 11 is 0. The van der Waals surface area contributed by atoms with Gasteiger partial charge in [-0.15, -0.1) is 0 Å². The minimum atomic E-state index is -1.03. The van der Waals surface area contributed by atoms with Crippen LogP contribution >= 0.6 is 0 Å². The van der Waals surface area contributed by atoms with Crippen molar-refractivity contribution in [1.82, 2.24) is 0 Å². The van der Waals surface area contributed by atoms with Gasteiger partial charge in [-0.05, 0) is 25.1 Å². The number of hydrogen-bond acceptors (Lipinski definition) is 2. The molecule has 0 radical (unpaired) electrons. The van der Waals surface area contributed by atoms with Crippen LogP contribution in [0.3, 0.4) is 0 Å². The molecule has 0 aliphatic carbocycles. The highest BCUT2D eigenvalue weighted by Crippen LogP contribution is 2.19. The van der Waals surface area contributed by atoms with Crippen LogP contribution < -0.4 is 0 Å². The predicted molar refractivity (Wildman–Crippen MR) is 49.5 cm³/mol. The molecule has 3 heteroatoms. The van der Waals surface area contributed by atoms with E-state index in [-0.39, 0.29) is 5.75 Å². The molecule has 2 N–H and O–H groups in total. The highest BCUT2D eigenvalue weighted by molar-refractivity contribution is 5.85. The first-order valence-corrected chi connectivity index (χ1v) is 3.80. The fourth-order valence-corrected chi connectivity index (χ4v) is 0.969. The van der Waals surface area contributed by atoms with Gasteiger partial charge in [0.25, 0.3) is 0 Å². The Labute approximate surface area is 76.0 Å². The zero-order chi connectivity index (χ0) is 9.84. The molecule has 1 rings (SSSR count). The minimum absolute atomic E-state index is 0.0862. The summed E-state index contributed by atoms with van der Waals surface area (Å²) in [5.74, 6) is -0.941. The van der Waals surface area contributed by atoms with Gasteiger partial charge in [0.05, 0.1) is 0 Å². The van der Waals surface area contributed by atoms with Crippen LogP contribution in [0.2, 0.25) is 0 Å². The van der Waals surface area contributed by atoms with Gasteiger partial charge < -0.3 is 10.2 Å². The Hall–Kier alpha value is -1.77. The normalized spacial score (nSPS) is 10.5. The van der Waals surface area contributed by atoms with Gasteiger partial charge in [0.15, 0.2) is 0 Å². The van der Waals surface area contributed by atoms with Gasteiger partial charge >= 0.3 is 5.97 Å². The lowest BCUT2D eigenvalue weighted by Gasteiger charge is -1.99. The minimum Gasteiger partial charge on any atom is -0.507 e. The molecule has 0 fully saturated rings. The Kier molecular flexibility index (Phi) is 2.69. The Morgan fingerprint density at radius 2 is 2.15 bits per heavy atom. The average Bonchev–Trinajstić information content (AvgIpc) is 2.06. The van der Waals surface area contributed by atoms with E-state index >= 15 is 0 Å². The predicted octanol–water partition coefficient (Wildman–Crippen LogP) is 1.80. The molecule has 0 heterocycles. The lowest BCUT2D eigenvalue weighted by Crippen LogP contribution is -1.86. The van der Waals surface area contributed by atoms with Crippen LogP contribution in [-0.4, -0.2) is 16.2 Å². The fraction of sp³-hybridized carbons (Fsp3) is 0.100. The van der Waals surface area contributed by atoms with Crippen molar-refractivity contribution in [3.8, 4) is 5.75 Å². The molecule has 0 spiro atoms. The third-order valence-electron chi connectivity index (χ3n) is 1.59. The zero-order valence-electron chi connectivity index (χ0n) is 7.19. The van der Waals surface area contributed by atoms with Crippen LogP contribution in [0, 0.1) is 6.92 Å². The van der Waals surface area contributed by atoms with Gasteiger partial charge in [-0.2, -0.15) is 0 Å². The Morgan fingerprint density at radius 1 is 1.46 bits per heavy atom. The van der Waals surface area contributed by atoms with Crippen LogP contribution in [0.1, 0.15) is 11.1 Å². The zero-order valence-corrected chi connectivity index (χ0v) is 7.19. The van der Waals surface area contributed by atoms with Gasteiger partial charge in [0, 0.05) is 11.6 Å². The number of aromatic hydroxyl groups is 1. The van der Waals surface area contributed by atoms with Crippen LogP contribution in [0.5, 0.6) is 5.75 Å². The second-order valence-corrected chi connectivity index (χ2v) is 2.73. The molecule has 13 heavy (non-hydrogen) atoms. The monoisotopic (exact) mass is 178 g/mol. The van der Waals surface area contributed by atoms with Crippen LogP contribution in [-0.2, 0) is 4.79 Å². The van der Waals surface area contributed by atoms with Crippen molar-refractivity contribution in [3.63, 3.8) is 0 Å². The maximum Gasteiger partial charge on any atom is 0.328 e. The van der Waals surface area contributed by atoms with Gasteiger partial charge in [0.1, 0.15) is 5.75 Å². The number of rotatable bonds is 2. The molecule has 0 bridgehead atoms. The van der Waals surface area contributed by atoms with E-state index in [9.17, 15) is 9.90 Å². The van der Waals surface area contributed by atoms with Crippen molar-refractivity contribution >= 4 is 12.0 Å². The molecule has 0 aliphatic rings. The Morgan fingerprint density at radius 3 is 2.77 bits per heavy atom. The van der Waals surface area contributed by atoms with E-state index in [1.165, 1.54) is 12.1 Å². The highest BCUT2D eigenvalue weighted by atomic mass is 16.4. The average molecular weight is 178 g/mol. The number of aryl methyl sites for hydroxylation is 1. The second-order valence-electron chi connectivity index (χ2n) is 2.73. The Bertz CT molecular complexity index is 353. The number of carbonyl (C=O) groups is 1. The van der Waals surface area contributed by atoms with E-state index in [4.69, 9.17) is 5.11 Å². The molecule has 68 valence electrons. The summed E-state index contributed by atoms with van der Waals surface area (Å²) in [6.45, 7) is 1.87. The molecular weight excluding hydrogens is 168 g/mol. The summed E-state index contributed by atoms with van der Waals surface area (Å²) in [7, 11) is 0. The molecule has 0 aromatic heterocycles. The molecule has 0 aliphatic heterocycles. The molecular formula is C10H10O3. The fourth-order valence-electron chi connectivity index (χ4n) is 0.969. The van der Waals surface area contributed by atoms with Crippen molar-refractivity contribution in [1.29, 1.82) is 0 Å². The maximum atomic E-state index is 10.2.